The summed E-state index contributed by atoms with van der Waals surface area (Å²) < 4.78 is 0. The summed E-state index contributed by atoms with van der Waals surface area (Å²) in [7, 11) is 0. The van der Waals surface area contributed by atoms with Gasteiger partial charge in [0.2, 0.25) is 11.7 Å². The maximum absolute atomic E-state index is 12.7. The van der Waals surface area contributed by atoms with Gasteiger partial charge < -0.3 is 9.80 Å². The lowest BCUT2D eigenvalue weighted by atomic mass is 10.1. The van der Waals surface area contributed by atoms with Gasteiger partial charge in [-0.05, 0) is 23.8 Å². The Labute approximate surface area is 195 Å². The molecule has 0 radical (unpaired) electrons. The molecule has 0 saturated carbocycles. The third kappa shape index (κ3) is 5.08. The number of rotatable bonds is 6. The van der Waals surface area contributed by atoms with Gasteiger partial charge in [0.05, 0.1) is 22.2 Å². The van der Waals surface area contributed by atoms with Crippen LogP contribution in [0, 0.1) is 0 Å². The van der Waals surface area contributed by atoms with E-state index >= 15 is 0 Å². The molecule has 1 aliphatic heterocycles. The van der Waals surface area contributed by atoms with Gasteiger partial charge in [0.25, 0.3) is 5.91 Å². The molecule has 0 bridgehead atoms. The molecule has 4 rings (SSSR count). The van der Waals surface area contributed by atoms with E-state index in [-0.39, 0.29) is 16.8 Å². The minimum absolute atomic E-state index is 0.0567. The van der Waals surface area contributed by atoms with Gasteiger partial charge in [-0.3, -0.25) is 9.59 Å². The highest BCUT2D eigenvalue weighted by Gasteiger charge is 2.26. The monoisotopic (exact) mass is 472 g/mol. The number of carbonyl (C=O) groups excluding carboxylic acids is 2. The topological polar surface area (TPSA) is 84.2 Å². The van der Waals surface area contributed by atoms with Crippen LogP contribution in [0.5, 0.6) is 0 Å². The van der Waals surface area contributed by atoms with Gasteiger partial charge in [-0.25, -0.2) is 0 Å². The molecule has 1 aliphatic rings. The van der Waals surface area contributed by atoms with Gasteiger partial charge in [0, 0.05) is 38.2 Å². The van der Waals surface area contributed by atoms with E-state index in [0.29, 0.717) is 62.0 Å². The van der Waals surface area contributed by atoms with E-state index in [0.717, 1.165) is 5.56 Å². The highest BCUT2D eigenvalue weighted by atomic mass is 35.5. The summed E-state index contributed by atoms with van der Waals surface area (Å²) in [6.07, 6.45) is 0.997. The molecule has 32 heavy (non-hydrogen) atoms. The Kier molecular flexibility index (Phi) is 7.02. The van der Waals surface area contributed by atoms with Gasteiger partial charge in [-0.2, -0.15) is 4.80 Å². The molecule has 0 N–H and O–H groups in total. The molecule has 2 aromatic carbocycles. The maximum atomic E-state index is 12.7. The highest BCUT2D eigenvalue weighted by molar-refractivity contribution is 6.43. The number of piperazine rings is 1. The van der Waals surface area contributed by atoms with Crippen LogP contribution in [0.2, 0.25) is 10.0 Å². The SMILES string of the molecule is O=C(CCCn1nnc(-c2ccccc2)n1)N1CCN(C(=O)c2cccc(Cl)c2Cl)CC1. The van der Waals surface area contributed by atoms with Gasteiger partial charge >= 0.3 is 0 Å². The quantitative estimate of drug-likeness (QED) is 0.548. The molecule has 0 aliphatic carbocycles. The van der Waals surface area contributed by atoms with E-state index in [1.54, 1.807) is 28.0 Å². The molecule has 10 heteroatoms. The Balaban J connectivity index is 1.23. The fourth-order valence-electron chi connectivity index (χ4n) is 3.57. The number of nitrogens with zero attached hydrogens (tertiary/aromatic N) is 6. The molecule has 0 atom stereocenters. The van der Waals surface area contributed by atoms with E-state index in [9.17, 15) is 9.59 Å². The lowest BCUT2D eigenvalue weighted by molar-refractivity contribution is -0.132. The summed E-state index contributed by atoms with van der Waals surface area (Å²) in [4.78, 5) is 30.3. The van der Waals surface area contributed by atoms with Crippen molar-refractivity contribution >= 4 is 35.0 Å². The van der Waals surface area contributed by atoms with Crippen LogP contribution in [0.25, 0.3) is 11.4 Å². The van der Waals surface area contributed by atoms with Crippen molar-refractivity contribution in [2.24, 2.45) is 0 Å². The number of hydrogen-bond acceptors (Lipinski definition) is 5. The van der Waals surface area contributed by atoms with Crippen molar-refractivity contribution < 1.29 is 9.59 Å². The average Bonchev–Trinajstić information content (AvgIpc) is 3.30. The van der Waals surface area contributed by atoms with Gasteiger partial charge in [-0.1, -0.05) is 59.6 Å². The molecule has 8 nitrogen and oxygen atoms in total. The summed E-state index contributed by atoms with van der Waals surface area (Å²) in [6.45, 7) is 2.40. The lowest BCUT2D eigenvalue weighted by Gasteiger charge is -2.35. The van der Waals surface area contributed by atoms with E-state index in [1.807, 2.05) is 30.3 Å². The number of benzene rings is 2. The van der Waals surface area contributed by atoms with Crippen LogP contribution in [0.3, 0.4) is 0 Å². The average molecular weight is 473 g/mol. The van der Waals surface area contributed by atoms with Crippen molar-refractivity contribution in [3.8, 4) is 11.4 Å². The zero-order valence-corrected chi connectivity index (χ0v) is 18.8. The lowest BCUT2D eigenvalue weighted by Crippen LogP contribution is -2.50. The molecule has 3 aromatic rings. The van der Waals surface area contributed by atoms with Crippen molar-refractivity contribution in [2.45, 2.75) is 19.4 Å². The molecule has 2 heterocycles. The number of halogens is 2. The zero-order valence-electron chi connectivity index (χ0n) is 17.3. The van der Waals surface area contributed by atoms with Crippen molar-refractivity contribution in [1.29, 1.82) is 0 Å². The van der Waals surface area contributed by atoms with Gasteiger partial charge in [-0.15, -0.1) is 10.2 Å². The van der Waals surface area contributed by atoms with E-state index in [4.69, 9.17) is 23.2 Å². The van der Waals surface area contributed by atoms with Crippen molar-refractivity contribution in [1.82, 2.24) is 30.0 Å². The summed E-state index contributed by atoms with van der Waals surface area (Å²) in [5.41, 5.74) is 1.29. The first-order valence-electron chi connectivity index (χ1n) is 10.4. The van der Waals surface area contributed by atoms with E-state index in [1.165, 1.54) is 4.80 Å². The Bertz CT molecular complexity index is 1100. The van der Waals surface area contributed by atoms with Crippen LogP contribution in [-0.2, 0) is 11.3 Å². The number of amides is 2. The highest BCUT2D eigenvalue weighted by Crippen LogP contribution is 2.26. The van der Waals surface area contributed by atoms with Crippen molar-refractivity contribution in [3.05, 3.63) is 64.1 Å². The molecule has 166 valence electrons. The molecule has 0 spiro atoms. The smallest absolute Gasteiger partial charge is 0.255 e. The maximum Gasteiger partial charge on any atom is 0.255 e. The molecular weight excluding hydrogens is 451 g/mol. The predicted octanol–water partition coefficient (Wildman–Crippen LogP) is 3.41. The molecule has 1 saturated heterocycles. The Hall–Kier alpha value is -2.97. The van der Waals surface area contributed by atoms with Crippen LogP contribution in [0.4, 0.5) is 0 Å². The predicted molar refractivity (Wildman–Crippen MR) is 121 cm³/mol. The number of hydrogen-bond donors (Lipinski definition) is 0. The fraction of sp³-hybridized carbons (Fsp3) is 0.318. The van der Waals surface area contributed by atoms with E-state index < -0.39 is 0 Å². The summed E-state index contributed by atoms with van der Waals surface area (Å²) in [6, 6.07) is 14.6. The minimum Gasteiger partial charge on any atom is -0.339 e. The number of aryl methyl sites for hydroxylation is 1. The third-order valence-electron chi connectivity index (χ3n) is 5.34. The fourth-order valence-corrected chi connectivity index (χ4v) is 3.95. The van der Waals surface area contributed by atoms with Crippen LogP contribution in [0.15, 0.2) is 48.5 Å². The second-order valence-corrected chi connectivity index (χ2v) is 8.24. The summed E-state index contributed by atoms with van der Waals surface area (Å²) in [5, 5.41) is 13.1. The third-order valence-corrected chi connectivity index (χ3v) is 6.15. The Morgan fingerprint density at radius 2 is 1.62 bits per heavy atom. The van der Waals surface area contributed by atoms with Gasteiger partial charge in [0.1, 0.15) is 0 Å². The molecular formula is C22H22Cl2N6O2. The zero-order chi connectivity index (χ0) is 22.5. The van der Waals surface area contributed by atoms with Crippen LogP contribution >= 0.6 is 23.2 Å². The largest absolute Gasteiger partial charge is 0.339 e. The normalized spacial score (nSPS) is 13.9. The van der Waals surface area contributed by atoms with E-state index in [2.05, 4.69) is 15.4 Å². The molecule has 1 aromatic heterocycles. The standard InChI is InChI=1S/C22H22Cl2N6O2/c23-18-9-4-8-17(20(18)24)22(32)29-14-12-28(13-15-29)19(31)10-5-11-30-26-21(25-27-30)16-6-2-1-3-7-16/h1-4,6-9H,5,10-15H2. The first kappa shape index (κ1) is 22.2. The van der Waals surface area contributed by atoms with Crippen LogP contribution in [-0.4, -0.2) is 68.0 Å². The summed E-state index contributed by atoms with van der Waals surface area (Å²) in [5.74, 6) is 0.454. The Morgan fingerprint density at radius 1 is 0.906 bits per heavy atom. The number of aromatic nitrogens is 4. The number of tetrazole rings is 1. The molecule has 1 fully saturated rings. The van der Waals surface area contributed by atoms with Crippen molar-refractivity contribution in [2.75, 3.05) is 26.2 Å². The molecule has 0 unspecified atom stereocenters. The second-order valence-electron chi connectivity index (χ2n) is 7.45. The van der Waals surface area contributed by atoms with Crippen LogP contribution in [0.1, 0.15) is 23.2 Å². The first-order chi connectivity index (χ1) is 15.5. The first-order valence-corrected chi connectivity index (χ1v) is 11.1. The summed E-state index contributed by atoms with van der Waals surface area (Å²) >= 11 is 12.2. The van der Waals surface area contributed by atoms with Crippen molar-refractivity contribution in [3.63, 3.8) is 0 Å². The van der Waals surface area contributed by atoms with Crippen LogP contribution < -0.4 is 0 Å². The number of carbonyl (C=O) groups is 2. The van der Waals surface area contributed by atoms with Gasteiger partial charge in [0.15, 0.2) is 0 Å². The minimum atomic E-state index is -0.170. The second kappa shape index (κ2) is 10.1. The molecule has 2 amide bonds. The Morgan fingerprint density at radius 3 is 2.38 bits per heavy atom.